The van der Waals surface area contributed by atoms with Crippen molar-refractivity contribution in [2.24, 2.45) is 5.10 Å². The zero-order valence-corrected chi connectivity index (χ0v) is 19.6. The number of ether oxygens (including phenoxy) is 1. The summed E-state index contributed by atoms with van der Waals surface area (Å²) in [7, 11) is 1.44. The molecule has 1 aromatic heterocycles. The van der Waals surface area contributed by atoms with Gasteiger partial charge in [-0.3, -0.25) is 9.59 Å². The number of aryl methyl sites for hydroxylation is 1. The molecule has 32 heavy (non-hydrogen) atoms. The average Bonchev–Trinajstić information content (AvgIpc) is 3.00. The summed E-state index contributed by atoms with van der Waals surface area (Å²) in [6.45, 7) is 3.81. The van der Waals surface area contributed by atoms with Gasteiger partial charge in [-0.15, -0.1) is 0 Å². The van der Waals surface area contributed by atoms with E-state index in [1.54, 1.807) is 30.3 Å². The summed E-state index contributed by atoms with van der Waals surface area (Å²) in [4.78, 5) is 24.3. The molecule has 2 amide bonds. The first-order chi connectivity index (χ1) is 15.2. The number of hydrogen-bond donors (Lipinski definition) is 2. The van der Waals surface area contributed by atoms with E-state index in [4.69, 9.17) is 39.5 Å². The Kier molecular flexibility index (Phi) is 7.45. The van der Waals surface area contributed by atoms with Crippen LogP contribution in [0.2, 0.25) is 15.1 Å². The lowest BCUT2D eigenvalue weighted by Gasteiger charge is -2.10. The minimum atomic E-state index is -0.946. The van der Waals surface area contributed by atoms with Gasteiger partial charge in [0.25, 0.3) is 0 Å². The molecule has 0 radical (unpaired) electrons. The van der Waals surface area contributed by atoms with Crippen LogP contribution < -0.4 is 15.5 Å². The lowest BCUT2D eigenvalue weighted by Crippen LogP contribution is -2.32. The molecule has 0 fully saturated rings. The normalized spacial score (nSPS) is 10.9. The topological polar surface area (TPSA) is 84.7 Å². The van der Waals surface area contributed by atoms with Crippen molar-refractivity contribution in [3.63, 3.8) is 0 Å². The summed E-state index contributed by atoms with van der Waals surface area (Å²) in [5.74, 6) is -1.49. The van der Waals surface area contributed by atoms with Crippen LogP contribution in [0.1, 0.15) is 17.0 Å². The summed E-state index contributed by atoms with van der Waals surface area (Å²) >= 11 is 18.2. The van der Waals surface area contributed by atoms with Crippen LogP contribution in [0.15, 0.2) is 47.6 Å². The smallest absolute Gasteiger partial charge is 0.329 e. The minimum Gasteiger partial charge on any atom is -0.495 e. The van der Waals surface area contributed by atoms with Crippen LogP contribution in [0.25, 0.3) is 5.69 Å². The van der Waals surface area contributed by atoms with Gasteiger partial charge >= 0.3 is 11.8 Å². The van der Waals surface area contributed by atoms with Crippen molar-refractivity contribution in [1.82, 2.24) is 9.99 Å². The Morgan fingerprint density at radius 1 is 0.969 bits per heavy atom. The van der Waals surface area contributed by atoms with Gasteiger partial charge in [-0.1, -0.05) is 34.8 Å². The molecule has 3 rings (SSSR count). The van der Waals surface area contributed by atoms with Crippen LogP contribution in [0.5, 0.6) is 5.75 Å². The van der Waals surface area contributed by atoms with Gasteiger partial charge in [-0.2, -0.15) is 5.10 Å². The summed E-state index contributed by atoms with van der Waals surface area (Å²) in [5.41, 5.74) is 5.80. The number of aromatic nitrogens is 1. The van der Waals surface area contributed by atoms with Crippen LogP contribution in [-0.2, 0) is 9.59 Å². The van der Waals surface area contributed by atoms with Gasteiger partial charge in [0.1, 0.15) is 5.75 Å². The second-order valence-electron chi connectivity index (χ2n) is 6.79. The molecule has 3 aromatic rings. The van der Waals surface area contributed by atoms with Crippen molar-refractivity contribution in [3.8, 4) is 11.4 Å². The van der Waals surface area contributed by atoms with Crippen molar-refractivity contribution in [3.05, 3.63) is 74.5 Å². The number of anilines is 1. The number of halogens is 3. The molecule has 0 saturated heterocycles. The second kappa shape index (κ2) is 10.1. The Hall–Kier alpha value is -3.00. The maximum absolute atomic E-state index is 12.2. The second-order valence-corrected chi connectivity index (χ2v) is 8.10. The largest absolute Gasteiger partial charge is 0.495 e. The van der Waals surface area contributed by atoms with E-state index in [0.29, 0.717) is 20.8 Å². The standard InChI is InChI=1S/C22H19Cl3N4O3/c1-12-6-14(13(2)29(12)18-8-16(24)7-17(25)9-18)11-26-28-22(31)21(30)27-19-10-15(23)4-5-20(19)32-3/h4-11H,1-3H3,(H,27,30)(H,28,31)/b26-11-. The Labute approximate surface area is 199 Å². The van der Waals surface area contributed by atoms with E-state index < -0.39 is 11.8 Å². The molecular formula is C22H19Cl3N4O3. The molecule has 2 aromatic carbocycles. The van der Waals surface area contributed by atoms with Crippen LogP contribution >= 0.6 is 34.8 Å². The third-order valence-electron chi connectivity index (χ3n) is 4.56. The Morgan fingerprint density at radius 2 is 1.66 bits per heavy atom. The van der Waals surface area contributed by atoms with E-state index in [2.05, 4.69) is 15.8 Å². The van der Waals surface area contributed by atoms with Gasteiger partial charge in [0.15, 0.2) is 0 Å². The Balaban J connectivity index is 1.72. The Morgan fingerprint density at radius 3 is 2.31 bits per heavy atom. The summed E-state index contributed by atoms with van der Waals surface area (Å²) in [6, 6.07) is 11.8. The zero-order valence-electron chi connectivity index (χ0n) is 17.4. The molecule has 166 valence electrons. The SMILES string of the molecule is COc1ccc(Cl)cc1NC(=O)C(=O)N/N=C\c1cc(C)n(-c2cc(Cl)cc(Cl)c2)c1C. The van der Waals surface area contributed by atoms with Crippen LogP contribution in [-0.4, -0.2) is 29.7 Å². The van der Waals surface area contributed by atoms with Crippen molar-refractivity contribution < 1.29 is 14.3 Å². The molecule has 10 heteroatoms. The first-order valence-electron chi connectivity index (χ1n) is 9.33. The highest BCUT2D eigenvalue weighted by Crippen LogP contribution is 2.28. The third-order valence-corrected chi connectivity index (χ3v) is 5.23. The van der Waals surface area contributed by atoms with Crippen molar-refractivity contribution in [1.29, 1.82) is 0 Å². The van der Waals surface area contributed by atoms with Crippen molar-refractivity contribution in [2.45, 2.75) is 13.8 Å². The first-order valence-corrected chi connectivity index (χ1v) is 10.5. The molecule has 0 unspecified atom stereocenters. The number of nitrogens with zero attached hydrogens (tertiary/aromatic N) is 2. The summed E-state index contributed by atoms with van der Waals surface area (Å²) in [5, 5.41) is 7.77. The number of carbonyl (C=O) groups is 2. The lowest BCUT2D eigenvalue weighted by atomic mass is 10.2. The van der Waals surface area contributed by atoms with E-state index in [9.17, 15) is 9.59 Å². The molecule has 0 aliphatic heterocycles. The van der Waals surface area contributed by atoms with Crippen LogP contribution in [0.3, 0.4) is 0 Å². The van der Waals surface area contributed by atoms with Crippen LogP contribution in [0.4, 0.5) is 5.69 Å². The highest BCUT2D eigenvalue weighted by Gasteiger charge is 2.16. The molecule has 2 N–H and O–H groups in total. The quantitative estimate of drug-likeness (QED) is 0.293. The molecule has 0 aliphatic carbocycles. The van der Waals surface area contributed by atoms with Gasteiger partial charge in [0.2, 0.25) is 0 Å². The zero-order chi connectivity index (χ0) is 23.4. The monoisotopic (exact) mass is 492 g/mol. The van der Waals surface area contributed by atoms with Crippen molar-refractivity contribution in [2.75, 3.05) is 12.4 Å². The molecule has 0 bridgehead atoms. The van der Waals surface area contributed by atoms with E-state index >= 15 is 0 Å². The summed E-state index contributed by atoms with van der Waals surface area (Å²) < 4.78 is 7.10. The maximum Gasteiger partial charge on any atom is 0.329 e. The number of carbonyl (C=O) groups excluding carboxylic acids is 2. The molecule has 0 saturated carbocycles. The molecule has 0 aliphatic rings. The predicted molar refractivity (Wildman–Crippen MR) is 128 cm³/mol. The molecule has 0 atom stereocenters. The van der Waals surface area contributed by atoms with Crippen molar-refractivity contribution >= 4 is 58.5 Å². The number of rotatable bonds is 5. The highest BCUT2D eigenvalue weighted by molar-refractivity contribution is 6.40. The number of benzene rings is 2. The fourth-order valence-corrected chi connectivity index (χ4v) is 3.84. The number of hydrazone groups is 1. The number of nitrogens with one attached hydrogen (secondary N) is 2. The van der Waals surface area contributed by atoms with Gasteiger partial charge in [-0.05, 0) is 56.3 Å². The molecule has 1 heterocycles. The van der Waals surface area contributed by atoms with E-state index in [0.717, 1.165) is 22.6 Å². The summed E-state index contributed by atoms with van der Waals surface area (Å²) in [6.07, 6.45) is 1.45. The van der Waals surface area contributed by atoms with E-state index in [1.165, 1.54) is 19.4 Å². The maximum atomic E-state index is 12.2. The lowest BCUT2D eigenvalue weighted by molar-refractivity contribution is -0.136. The Bertz CT molecular complexity index is 1200. The van der Waals surface area contributed by atoms with Gasteiger partial charge < -0.3 is 14.6 Å². The van der Waals surface area contributed by atoms with Crippen LogP contribution in [0, 0.1) is 13.8 Å². The van der Waals surface area contributed by atoms with E-state index in [1.807, 2.05) is 24.5 Å². The molecular weight excluding hydrogens is 475 g/mol. The fourth-order valence-electron chi connectivity index (χ4n) is 3.15. The number of methoxy groups -OCH3 is 1. The highest BCUT2D eigenvalue weighted by atomic mass is 35.5. The van der Waals surface area contributed by atoms with E-state index in [-0.39, 0.29) is 5.69 Å². The predicted octanol–water partition coefficient (Wildman–Crippen LogP) is 5.15. The molecule has 7 nitrogen and oxygen atoms in total. The number of amides is 2. The first kappa shape index (κ1) is 23.7. The minimum absolute atomic E-state index is 0.271. The number of hydrogen-bond acceptors (Lipinski definition) is 4. The third kappa shape index (κ3) is 5.43. The molecule has 0 spiro atoms. The van der Waals surface area contributed by atoms with Gasteiger partial charge in [-0.25, -0.2) is 5.43 Å². The van der Waals surface area contributed by atoms with Gasteiger partial charge in [0, 0.05) is 37.7 Å². The fraction of sp³-hybridized carbons (Fsp3) is 0.136. The van der Waals surface area contributed by atoms with Gasteiger partial charge in [0.05, 0.1) is 19.0 Å². The average molecular weight is 494 g/mol.